The molecule has 0 bridgehead atoms. The van der Waals surface area contributed by atoms with Gasteiger partial charge in [-0.05, 0) is 32.9 Å². The average molecular weight is 556 g/mol. The third-order valence-electron chi connectivity index (χ3n) is 7.45. The van der Waals surface area contributed by atoms with Gasteiger partial charge in [0.05, 0.1) is 28.7 Å². The molecule has 12 heteroatoms. The molecular weight excluding hydrogens is 529 g/mol. The topological polar surface area (TPSA) is 162 Å². The van der Waals surface area contributed by atoms with Gasteiger partial charge in [-0.1, -0.05) is 36.4 Å². The summed E-state index contributed by atoms with van der Waals surface area (Å²) in [6.45, 7) is 4.95. The number of anilines is 2. The molecule has 1 aliphatic rings. The molecule has 0 saturated heterocycles. The molecule has 3 aromatic heterocycles. The molecule has 41 heavy (non-hydrogen) atoms. The Morgan fingerprint density at radius 2 is 1.88 bits per heavy atom. The highest BCUT2D eigenvalue weighted by Gasteiger charge is 2.51. The molecule has 0 aliphatic carbocycles. The third kappa shape index (κ3) is 4.19. The van der Waals surface area contributed by atoms with Crippen molar-refractivity contribution in [2.45, 2.75) is 39.2 Å². The maximum absolute atomic E-state index is 14.4. The molecule has 4 N–H and O–H groups in total. The predicted molar refractivity (Wildman–Crippen MR) is 147 cm³/mol. The molecule has 1 unspecified atom stereocenters. The van der Waals surface area contributed by atoms with E-state index in [0.29, 0.717) is 22.5 Å². The number of hydrogen-bond donors (Lipinski definition) is 3. The largest absolute Gasteiger partial charge is 0.481 e. The summed E-state index contributed by atoms with van der Waals surface area (Å²) in [6, 6.07) is 13.9. The molecule has 0 saturated carbocycles. The highest BCUT2D eigenvalue weighted by atomic mass is 19.1. The molecule has 2 aromatic carbocycles. The fraction of sp³-hybridized carbons (Fsp3) is 0.241. The number of nitrogen functional groups attached to an aromatic ring is 1. The van der Waals surface area contributed by atoms with E-state index in [-0.39, 0.29) is 42.1 Å². The number of carbonyl (C=O) groups is 2. The molecule has 1 aliphatic heterocycles. The van der Waals surface area contributed by atoms with E-state index in [9.17, 15) is 19.1 Å². The van der Waals surface area contributed by atoms with Crippen LogP contribution in [0.1, 0.15) is 43.5 Å². The number of halogens is 1. The van der Waals surface area contributed by atoms with Crippen molar-refractivity contribution in [3.63, 3.8) is 0 Å². The number of carboxylic acids is 1. The second kappa shape index (κ2) is 9.22. The van der Waals surface area contributed by atoms with Gasteiger partial charge < -0.3 is 20.6 Å². The van der Waals surface area contributed by atoms with Crippen molar-refractivity contribution in [1.82, 2.24) is 24.7 Å². The van der Waals surface area contributed by atoms with E-state index in [1.54, 1.807) is 43.7 Å². The molecule has 0 fully saturated rings. The lowest BCUT2D eigenvalue weighted by Gasteiger charge is -2.19. The van der Waals surface area contributed by atoms with Crippen LogP contribution in [-0.2, 0) is 28.0 Å². The SMILES string of the molecule is CC(C)(Cc1coc(C2(C)C(=O)Nc3nc(-c4nn(Cc5ccccc5F)c5ccccc45)nc(N)c32)n1)C(=O)O. The number of aromatic nitrogens is 5. The van der Waals surface area contributed by atoms with Crippen molar-refractivity contribution >= 4 is 34.4 Å². The molecule has 11 nitrogen and oxygen atoms in total. The summed E-state index contributed by atoms with van der Waals surface area (Å²) in [5, 5.41) is 17.7. The number of aliphatic carboxylic acids is 1. The van der Waals surface area contributed by atoms with E-state index in [4.69, 9.17) is 15.2 Å². The van der Waals surface area contributed by atoms with E-state index in [0.717, 1.165) is 10.9 Å². The third-order valence-corrected chi connectivity index (χ3v) is 7.45. The van der Waals surface area contributed by atoms with Crippen LogP contribution in [0.15, 0.2) is 59.2 Å². The maximum atomic E-state index is 14.4. The van der Waals surface area contributed by atoms with Gasteiger partial charge >= 0.3 is 5.97 Å². The molecule has 6 rings (SSSR count). The minimum absolute atomic E-state index is 0.0317. The monoisotopic (exact) mass is 555 g/mol. The number of nitrogens with zero attached hydrogens (tertiary/aromatic N) is 5. The number of carbonyl (C=O) groups excluding carboxylic acids is 1. The fourth-order valence-electron chi connectivity index (χ4n) is 5.06. The van der Waals surface area contributed by atoms with E-state index >= 15 is 0 Å². The minimum Gasteiger partial charge on any atom is -0.481 e. The van der Waals surface area contributed by atoms with Crippen LogP contribution in [0.4, 0.5) is 16.0 Å². The van der Waals surface area contributed by atoms with Gasteiger partial charge in [0.15, 0.2) is 11.2 Å². The Balaban J connectivity index is 1.41. The second-order valence-electron chi connectivity index (χ2n) is 10.9. The first-order valence-electron chi connectivity index (χ1n) is 12.9. The molecule has 5 aromatic rings. The van der Waals surface area contributed by atoms with Crippen molar-refractivity contribution in [2.24, 2.45) is 5.41 Å². The van der Waals surface area contributed by atoms with Crippen LogP contribution in [0.3, 0.4) is 0 Å². The molecule has 208 valence electrons. The summed E-state index contributed by atoms with van der Waals surface area (Å²) in [6.07, 6.45) is 1.44. The Hall–Kier alpha value is -5.13. The Kier molecular flexibility index (Phi) is 5.87. The maximum Gasteiger partial charge on any atom is 0.309 e. The van der Waals surface area contributed by atoms with Crippen molar-refractivity contribution < 1.29 is 23.5 Å². The number of carboxylic acid groups (broad SMARTS) is 1. The van der Waals surface area contributed by atoms with Gasteiger partial charge in [0.25, 0.3) is 0 Å². The summed E-state index contributed by atoms with van der Waals surface area (Å²) in [5.74, 6) is -1.33. The highest BCUT2D eigenvalue weighted by Crippen LogP contribution is 2.45. The van der Waals surface area contributed by atoms with Crippen LogP contribution >= 0.6 is 0 Å². The van der Waals surface area contributed by atoms with Gasteiger partial charge in [-0.15, -0.1) is 0 Å². The fourth-order valence-corrected chi connectivity index (χ4v) is 5.06. The number of rotatable bonds is 7. The Bertz CT molecular complexity index is 1860. The summed E-state index contributed by atoms with van der Waals surface area (Å²) in [7, 11) is 0. The van der Waals surface area contributed by atoms with Gasteiger partial charge in [0, 0.05) is 17.4 Å². The van der Waals surface area contributed by atoms with Crippen molar-refractivity contribution in [3.05, 3.63) is 83.3 Å². The standard InChI is InChI=1S/C29H26FN7O4/c1-28(2,27(39)40)12-16-14-41-26(32-16)29(3)20-22(31)33-24(34-23(20)35-25(29)38)21-17-9-5-7-11-19(17)37(36-21)13-15-8-4-6-10-18(15)30/h4-11,14H,12-13H2,1-3H3,(H,39,40)(H3,31,33,34,35,38). The lowest BCUT2D eigenvalue weighted by atomic mass is 9.84. The molecule has 0 spiro atoms. The lowest BCUT2D eigenvalue weighted by molar-refractivity contribution is -0.146. The number of amides is 1. The quantitative estimate of drug-likeness (QED) is 0.268. The van der Waals surface area contributed by atoms with E-state index < -0.39 is 22.7 Å². The Morgan fingerprint density at radius 3 is 2.63 bits per heavy atom. The highest BCUT2D eigenvalue weighted by molar-refractivity contribution is 6.08. The van der Waals surface area contributed by atoms with Crippen LogP contribution < -0.4 is 11.1 Å². The Labute approximate surface area is 233 Å². The summed E-state index contributed by atoms with van der Waals surface area (Å²) < 4.78 is 21.8. The molecule has 0 radical (unpaired) electrons. The smallest absolute Gasteiger partial charge is 0.309 e. The number of para-hydroxylation sites is 1. The van der Waals surface area contributed by atoms with Gasteiger partial charge in [0.1, 0.15) is 29.4 Å². The van der Waals surface area contributed by atoms with E-state index in [1.165, 1.54) is 12.3 Å². The van der Waals surface area contributed by atoms with E-state index in [1.807, 2.05) is 24.3 Å². The normalized spacial score (nSPS) is 16.6. The number of nitrogens with one attached hydrogen (secondary N) is 1. The first-order chi connectivity index (χ1) is 19.5. The second-order valence-corrected chi connectivity index (χ2v) is 10.9. The van der Waals surface area contributed by atoms with Gasteiger partial charge in [-0.25, -0.2) is 19.3 Å². The van der Waals surface area contributed by atoms with Gasteiger partial charge in [0.2, 0.25) is 11.8 Å². The zero-order valence-corrected chi connectivity index (χ0v) is 22.5. The van der Waals surface area contributed by atoms with Crippen LogP contribution in [0.2, 0.25) is 0 Å². The average Bonchev–Trinajstić information content (AvgIpc) is 3.61. The van der Waals surface area contributed by atoms with Crippen molar-refractivity contribution in [1.29, 1.82) is 0 Å². The van der Waals surface area contributed by atoms with Gasteiger partial charge in [-0.2, -0.15) is 5.10 Å². The number of benzene rings is 2. The first kappa shape index (κ1) is 26.1. The van der Waals surface area contributed by atoms with Crippen molar-refractivity contribution in [3.8, 4) is 11.5 Å². The number of hydrogen-bond acceptors (Lipinski definition) is 8. The molecule has 1 atom stereocenters. The number of fused-ring (bicyclic) bond motifs is 2. The lowest BCUT2D eigenvalue weighted by Crippen LogP contribution is -2.33. The predicted octanol–water partition coefficient (Wildman–Crippen LogP) is 4.16. The van der Waals surface area contributed by atoms with Crippen LogP contribution in [-0.4, -0.2) is 41.7 Å². The first-order valence-corrected chi connectivity index (χ1v) is 12.9. The summed E-state index contributed by atoms with van der Waals surface area (Å²) in [4.78, 5) is 38.5. The summed E-state index contributed by atoms with van der Waals surface area (Å²) >= 11 is 0. The van der Waals surface area contributed by atoms with E-state index in [2.05, 4.69) is 20.3 Å². The minimum atomic E-state index is -1.45. The zero-order chi connectivity index (χ0) is 29.1. The molecule has 4 heterocycles. The summed E-state index contributed by atoms with van der Waals surface area (Å²) in [5.41, 5.74) is 6.25. The van der Waals surface area contributed by atoms with Crippen LogP contribution in [0, 0.1) is 11.2 Å². The molecule has 1 amide bonds. The van der Waals surface area contributed by atoms with Crippen molar-refractivity contribution in [2.75, 3.05) is 11.1 Å². The molecular formula is C29H26FN7O4. The Morgan fingerprint density at radius 1 is 1.15 bits per heavy atom. The zero-order valence-electron chi connectivity index (χ0n) is 22.5. The van der Waals surface area contributed by atoms with Gasteiger partial charge in [-0.3, -0.25) is 14.3 Å². The van der Waals surface area contributed by atoms with Crippen LogP contribution in [0.25, 0.3) is 22.4 Å². The number of nitrogens with two attached hydrogens (primary N) is 1. The number of oxazole rings is 1. The van der Waals surface area contributed by atoms with Crippen LogP contribution in [0.5, 0.6) is 0 Å².